The fourth-order valence-electron chi connectivity index (χ4n) is 2.35. The molecule has 0 bridgehead atoms. The van der Waals surface area contributed by atoms with E-state index in [9.17, 15) is 9.90 Å². The van der Waals surface area contributed by atoms with Crippen LogP contribution in [0.15, 0.2) is 34.3 Å². The van der Waals surface area contributed by atoms with Gasteiger partial charge in [0.15, 0.2) is 0 Å². The molecule has 0 spiro atoms. The summed E-state index contributed by atoms with van der Waals surface area (Å²) in [6.07, 6.45) is 3.34. The highest BCUT2D eigenvalue weighted by molar-refractivity contribution is 6.21. The number of phenolic OH excluding ortho intramolecular Hbond substituents is 1. The second-order valence-corrected chi connectivity index (χ2v) is 4.56. The van der Waals surface area contributed by atoms with Gasteiger partial charge in [0.1, 0.15) is 11.4 Å². The van der Waals surface area contributed by atoms with Crippen LogP contribution in [0.4, 0.5) is 11.4 Å². The lowest BCUT2D eigenvalue weighted by molar-refractivity contribution is -0.136. The first-order chi connectivity index (χ1) is 9.66. The highest BCUT2D eigenvalue weighted by atomic mass is 16.4. The molecule has 0 saturated carbocycles. The maximum atomic E-state index is 10.7. The van der Waals surface area contributed by atoms with Gasteiger partial charge < -0.3 is 10.2 Å². The van der Waals surface area contributed by atoms with Crippen molar-refractivity contribution in [3.63, 3.8) is 0 Å². The van der Waals surface area contributed by atoms with Crippen molar-refractivity contribution in [2.45, 2.75) is 12.8 Å². The van der Waals surface area contributed by atoms with Crippen molar-refractivity contribution < 1.29 is 15.0 Å². The van der Waals surface area contributed by atoms with Gasteiger partial charge in [-0.25, -0.2) is 0 Å². The minimum absolute atomic E-state index is 0.0294. The second kappa shape index (κ2) is 4.77. The monoisotopic (exact) mass is 268 g/mol. The van der Waals surface area contributed by atoms with Crippen molar-refractivity contribution in [3.8, 4) is 5.75 Å². The molecule has 3 rings (SSSR count). The van der Waals surface area contributed by atoms with E-state index in [0.717, 1.165) is 16.5 Å². The predicted octanol–water partition coefficient (Wildman–Crippen LogP) is 2.98. The number of aliphatic carboxylic acids is 1. The Labute approximate surface area is 114 Å². The Morgan fingerprint density at radius 3 is 2.80 bits per heavy atom. The number of carboxylic acids is 1. The third kappa shape index (κ3) is 2.03. The lowest BCUT2D eigenvalue weighted by Crippen LogP contribution is -1.98. The largest absolute Gasteiger partial charge is 0.505 e. The van der Waals surface area contributed by atoms with Crippen molar-refractivity contribution >= 4 is 40.5 Å². The number of benzene rings is 2. The number of nitrogens with zero attached hydrogens (tertiary/aromatic N) is 2. The lowest BCUT2D eigenvalue weighted by atomic mass is 9.99. The lowest BCUT2D eigenvalue weighted by Gasteiger charge is -2.11. The number of hydrogen-bond donors (Lipinski definition) is 2. The van der Waals surface area contributed by atoms with Crippen LogP contribution in [0, 0.1) is 0 Å². The minimum Gasteiger partial charge on any atom is -0.505 e. The number of hydrogen-bond acceptors (Lipinski definition) is 4. The molecule has 1 aliphatic rings. The van der Waals surface area contributed by atoms with Gasteiger partial charge in [0, 0.05) is 24.2 Å². The predicted molar refractivity (Wildman–Crippen MR) is 77.9 cm³/mol. The summed E-state index contributed by atoms with van der Waals surface area (Å²) < 4.78 is 0. The molecule has 0 radical (unpaired) electrons. The van der Waals surface area contributed by atoms with Crippen LogP contribution in [-0.4, -0.2) is 28.6 Å². The first kappa shape index (κ1) is 12.3. The van der Waals surface area contributed by atoms with Gasteiger partial charge in [-0.05, 0) is 29.5 Å². The van der Waals surface area contributed by atoms with Gasteiger partial charge in [0.25, 0.3) is 0 Å². The van der Waals surface area contributed by atoms with Crippen LogP contribution in [0.2, 0.25) is 0 Å². The van der Waals surface area contributed by atoms with Crippen LogP contribution < -0.4 is 0 Å². The molecule has 1 heterocycles. The van der Waals surface area contributed by atoms with E-state index in [1.807, 2.05) is 18.2 Å². The van der Waals surface area contributed by atoms with E-state index in [1.165, 1.54) is 6.21 Å². The fourth-order valence-corrected chi connectivity index (χ4v) is 2.35. The molecule has 20 heavy (non-hydrogen) atoms. The van der Waals surface area contributed by atoms with Crippen LogP contribution >= 0.6 is 0 Å². The molecule has 0 amide bonds. The van der Waals surface area contributed by atoms with Gasteiger partial charge in [-0.3, -0.25) is 14.8 Å². The Bertz CT molecular complexity index is 763. The summed E-state index contributed by atoms with van der Waals surface area (Å²) in [6, 6.07) is 7.44. The number of phenols is 1. The summed E-state index contributed by atoms with van der Waals surface area (Å²) in [5, 5.41) is 20.8. The minimum atomic E-state index is -0.893. The second-order valence-electron chi connectivity index (χ2n) is 4.56. The Balaban J connectivity index is 2.23. The smallest absolute Gasteiger partial charge is 0.303 e. The highest BCUT2D eigenvalue weighted by Gasteiger charge is 2.16. The van der Waals surface area contributed by atoms with Gasteiger partial charge in [-0.2, -0.15) is 0 Å². The van der Waals surface area contributed by atoms with E-state index >= 15 is 0 Å². The van der Waals surface area contributed by atoms with E-state index in [2.05, 4.69) is 9.98 Å². The Morgan fingerprint density at radius 1 is 1.20 bits per heavy atom. The summed E-state index contributed by atoms with van der Waals surface area (Å²) in [4.78, 5) is 19.2. The zero-order valence-corrected chi connectivity index (χ0v) is 10.6. The van der Waals surface area contributed by atoms with Crippen molar-refractivity contribution in [1.29, 1.82) is 0 Å². The first-order valence-electron chi connectivity index (χ1n) is 6.23. The molecule has 0 aromatic heterocycles. The molecule has 2 aromatic carbocycles. The van der Waals surface area contributed by atoms with Crippen molar-refractivity contribution in [2.75, 3.05) is 0 Å². The quantitative estimate of drug-likeness (QED) is 0.897. The molecule has 2 aromatic rings. The van der Waals surface area contributed by atoms with E-state index in [0.29, 0.717) is 11.3 Å². The molecule has 0 aliphatic carbocycles. The number of rotatable bonds is 3. The molecule has 0 fully saturated rings. The summed E-state index contributed by atoms with van der Waals surface area (Å²) in [5.74, 6) is -0.858. The molecule has 5 nitrogen and oxygen atoms in total. The topological polar surface area (TPSA) is 82.2 Å². The molecule has 0 saturated heterocycles. The van der Waals surface area contributed by atoms with Gasteiger partial charge >= 0.3 is 5.97 Å². The van der Waals surface area contributed by atoms with Crippen molar-refractivity contribution in [1.82, 2.24) is 0 Å². The third-order valence-electron chi connectivity index (χ3n) is 3.26. The SMILES string of the molecule is O=C(O)CCc1cc2cccc3c2c(c1O)N=CC=N3. The molecule has 0 atom stereocenters. The van der Waals surface area contributed by atoms with E-state index in [4.69, 9.17) is 5.11 Å². The van der Waals surface area contributed by atoms with E-state index in [-0.39, 0.29) is 18.6 Å². The summed E-state index contributed by atoms with van der Waals surface area (Å²) in [5.41, 5.74) is 1.79. The summed E-state index contributed by atoms with van der Waals surface area (Å²) in [7, 11) is 0. The fraction of sp³-hybridized carbons (Fsp3) is 0.133. The number of carboxylic acid groups (broad SMARTS) is 1. The molecule has 1 aliphatic heterocycles. The third-order valence-corrected chi connectivity index (χ3v) is 3.26. The van der Waals surface area contributed by atoms with Crippen molar-refractivity contribution in [3.05, 3.63) is 29.8 Å². The van der Waals surface area contributed by atoms with Gasteiger partial charge in [-0.1, -0.05) is 12.1 Å². The average Bonchev–Trinajstić information content (AvgIpc) is 2.65. The molecule has 5 heteroatoms. The Morgan fingerprint density at radius 2 is 2.00 bits per heavy atom. The summed E-state index contributed by atoms with van der Waals surface area (Å²) in [6.45, 7) is 0. The van der Waals surface area contributed by atoms with Crippen LogP contribution in [-0.2, 0) is 11.2 Å². The Kier molecular flexibility index (Phi) is 2.95. The number of aliphatic imine (C=N–C) groups is 2. The molecule has 0 unspecified atom stereocenters. The highest BCUT2D eigenvalue weighted by Crippen LogP contribution is 2.43. The van der Waals surface area contributed by atoms with Crippen molar-refractivity contribution in [2.24, 2.45) is 9.98 Å². The number of aryl methyl sites for hydroxylation is 1. The normalized spacial score (nSPS) is 12.6. The first-order valence-corrected chi connectivity index (χ1v) is 6.23. The maximum absolute atomic E-state index is 10.7. The molecular formula is C15H12N2O3. The van der Waals surface area contributed by atoms with Gasteiger partial charge in [0.05, 0.1) is 5.69 Å². The number of aromatic hydroxyl groups is 1. The van der Waals surface area contributed by atoms with E-state index < -0.39 is 5.97 Å². The van der Waals surface area contributed by atoms with Gasteiger partial charge in [0.2, 0.25) is 0 Å². The zero-order valence-electron chi connectivity index (χ0n) is 10.6. The van der Waals surface area contributed by atoms with Gasteiger partial charge in [-0.15, -0.1) is 0 Å². The zero-order chi connectivity index (χ0) is 14.1. The van der Waals surface area contributed by atoms with Crippen LogP contribution in [0.1, 0.15) is 12.0 Å². The van der Waals surface area contributed by atoms with Crippen LogP contribution in [0.25, 0.3) is 10.8 Å². The van der Waals surface area contributed by atoms with Crippen LogP contribution in [0.3, 0.4) is 0 Å². The molecule has 2 N–H and O–H groups in total. The number of carbonyl (C=O) groups is 1. The molecular weight excluding hydrogens is 256 g/mol. The average molecular weight is 268 g/mol. The standard InChI is InChI=1S/C15H12N2O3/c18-12(19)5-4-10-8-9-2-1-3-11-13(9)14(15(10)20)17-7-6-16-11/h1-3,6-8,20H,4-5H2,(H,18,19). The van der Waals surface area contributed by atoms with E-state index in [1.54, 1.807) is 12.3 Å². The van der Waals surface area contributed by atoms with Crippen LogP contribution in [0.5, 0.6) is 5.75 Å². The summed E-state index contributed by atoms with van der Waals surface area (Å²) >= 11 is 0. The maximum Gasteiger partial charge on any atom is 0.303 e. The Hall–Kier alpha value is -2.69. The molecule has 100 valence electrons.